The summed E-state index contributed by atoms with van der Waals surface area (Å²) in [5, 5.41) is 2.93. The second-order valence-electron chi connectivity index (χ2n) is 5.21. The van der Waals surface area contributed by atoms with Gasteiger partial charge in [-0.25, -0.2) is 13.8 Å². The maximum absolute atomic E-state index is 14.2. The molecule has 25 heavy (non-hydrogen) atoms. The molecule has 0 aliphatic heterocycles. The molecule has 0 saturated heterocycles. The number of thiazole rings is 1. The summed E-state index contributed by atoms with van der Waals surface area (Å²) in [6.45, 7) is 1.85. The van der Waals surface area contributed by atoms with E-state index in [2.05, 4.69) is 10.3 Å². The molecule has 1 N–H and O–H groups in total. The standard InChI is InChI=1S/C18H14F2N2O2S/c1-10-16(11-6-8-12(19)9-7-11)21-18(25-10)22-17(23)13-4-3-5-14(24-2)15(13)20/h3-9H,1-2H3,(H,21,22,23). The second kappa shape index (κ2) is 6.98. The Morgan fingerprint density at radius 2 is 1.88 bits per heavy atom. The Hall–Kier alpha value is -2.80. The Morgan fingerprint density at radius 1 is 1.16 bits per heavy atom. The second-order valence-corrected chi connectivity index (χ2v) is 6.41. The van der Waals surface area contributed by atoms with Crippen molar-refractivity contribution in [2.45, 2.75) is 6.92 Å². The number of carbonyl (C=O) groups excluding carboxylic acids is 1. The van der Waals surface area contributed by atoms with Crippen molar-refractivity contribution < 1.29 is 18.3 Å². The van der Waals surface area contributed by atoms with Gasteiger partial charge in [0.1, 0.15) is 5.82 Å². The Labute approximate surface area is 147 Å². The fraction of sp³-hybridized carbons (Fsp3) is 0.111. The van der Waals surface area contributed by atoms with Crippen molar-refractivity contribution >= 4 is 22.4 Å². The van der Waals surface area contributed by atoms with E-state index in [-0.39, 0.29) is 17.1 Å². The van der Waals surface area contributed by atoms with Gasteiger partial charge in [-0.05, 0) is 43.3 Å². The van der Waals surface area contributed by atoms with Crippen molar-refractivity contribution in [1.82, 2.24) is 4.98 Å². The number of aryl methyl sites for hydroxylation is 1. The SMILES string of the molecule is COc1cccc(C(=O)Nc2nc(-c3ccc(F)cc3)c(C)s2)c1F. The molecule has 1 amide bonds. The highest BCUT2D eigenvalue weighted by molar-refractivity contribution is 7.16. The number of nitrogens with zero attached hydrogens (tertiary/aromatic N) is 1. The van der Waals surface area contributed by atoms with Crippen LogP contribution in [0.3, 0.4) is 0 Å². The Bertz CT molecular complexity index is 923. The van der Waals surface area contributed by atoms with E-state index >= 15 is 0 Å². The van der Waals surface area contributed by atoms with Crippen LogP contribution >= 0.6 is 11.3 Å². The van der Waals surface area contributed by atoms with Gasteiger partial charge >= 0.3 is 0 Å². The summed E-state index contributed by atoms with van der Waals surface area (Å²) in [6, 6.07) is 10.3. The summed E-state index contributed by atoms with van der Waals surface area (Å²) in [4.78, 5) is 17.5. The van der Waals surface area contributed by atoms with Crippen LogP contribution in [0.1, 0.15) is 15.2 Å². The smallest absolute Gasteiger partial charge is 0.260 e. The van der Waals surface area contributed by atoms with Crippen molar-refractivity contribution in [1.29, 1.82) is 0 Å². The van der Waals surface area contributed by atoms with Gasteiger partial charge in [-0.15, -0.1) is 11.3 Å². The van der Waals surface area contributed by atoms with Crippen LogP contribution in [0, 0.1) is 18.6 Å². The van der Waals surface area contributed by atoms with E-state index in [1.807, 2.05) is 6.92 Å². The normalized spacial score (nSPS) is 10.6. The highest BCUT2D eigenvalue weighted by atomic mass is 32.1. The molecule has 0 spiro atoms. The summed E-state index contributed by atoms with van der Waals surface area (Å²) in [5.74, 6) is -1.68. The number of hydrogen-bond acceptors (Lipinski definition) is 4. The number of nitrogens with one attached hydrogen (secondary N) is 1. The summed E-state index contributed by atoms with van der Waals surface area (Å²) in [7, 11) is 1.33. The predicted octanol–water partition coefficient (Wildman–Crippen LogP) is 4.66. The molecule has 0 unspecified atom stereocenters. The molecule has 3 aromatic rings. The van der Waals surface area contributed by atoms with Crippen molar-refractivity contribution in [2.75, 3.05) is 12.4 Å². The first-order valence-corrected chi connectivity index (χ1v) is 8.18. The minimum absolute atomic E-state index is 0.00466. The largest absolute Gasteiger partial charge is 0.494 e. The fourth-order valence-corrected chi connectivity index (χ4v) is 3.16. The number of methoxy groups -OCH3 is 1. The van der Waals surface area contributed by atoms with E-state index in [1.54, 1.807) is 12.1 Å². The molecule has 4 nitrogen and oxygen atoms in total. The topological polar surface area (TPSA) is 51.2 Å². The van der Waals surface area contributed by atoms with Crippen molar-refractivity contribution in [3.8, 4) is 17.0 Å². The molecule has 0 aliphatic rings. The van der Waals surface area contributed by atoms with Crippen LogP contribution in [-0.2, 0) is 0 Å². The lowest BCUT2D eigenvalue weighted by atomic mass is 10.1. The van der Waals surface area contributed by atoms with Gasteiger partial charge in [0.05, 0.1) is 18.4 Å². The quantitative estimate of drug-likeness (QED) is 0.736. The molecule has 1 aromatic heterocycles. The molecule has 1 heterocycles. The molecular weight excluding hydrogens is 346 g/mol. The number of halogens is 2. The van der Waals surface area contributed by atoms with Crippen LogP contribution in [-0.4, -0.2) is 18.0 Å². The highest BCUT2D eigenvalue weighted by Gasteiger charge is 2.18. The van der Waals surface area contributed by atoms with Gasteiger partial charge in [0.15, 0.2) is 16.7 Å². The zero-order valence-electron chi connectivity index (χ0n) is 13.5. The van der Waals surface area contributed by atoms with Gasteiger partial charge in [0, 0.05) is 10.4 Å². The van der Waals surface area contributed by atoms with Gasteiger partial charge in [0.2, 0.25) is 0 Å². The summed E-state index contributed by atoms with van der Waals surface area (Å²) >= 11 is 1.26. The monoisotopic (exact) mass is 360 g/mol. The van der Waals surface area contributed by atoms with Gasteiger partial charge < -0.3 is 4.74 Å². The predicted molar refractivity (Wildman–Crippen MR) is 93.2 cm³/mol. The van der Waals surface area contributed by atoms with Gasteiger partial charge in [0.25, 0.3) is 5.91 Å². The van der Waals surface area contributed by atoms with E-state index < -0.39 is 11.7 Å². The number of hydrogen-bond donors (Lipinski definition) is 1. The zero-order chi connectivity index (χ0) is 18.0. The molecule has 0 fully saturated rings. The molecule has 0 saturated carbocycles. The molecule has 2 aromatic carbocycles. The number of ether oxygens (including phenoxy) is 1. The molecule has 0 atom stereocenters. The van der Waals surface area contributed by atoms with E-state index in [9.17, 15) is 13.6 Å². The van der Waals surface area contributed by atoms with Crippen molar-refractivity contribution in [2.24, 2.45) is 0 Å². The van der Waals surface area contributed by atoms with Crippen LogP contribution in [0.25, 0.3) is 11.3 Å². The van der Waals surface area contributed by atoms with Gasteiger partial charge in [-0.2, -0.15) is 0 Å². The minimum Gasteiger partial charge on any atom is -0.494 e. The lowest BCUT2D eigenvalue weighted by molar-refractivity contribution is 0.102. The van der Waals surface area contributed by atoms with Crippen LogP contribution in [0.2, 0.25) is 0 Å². The van der Waals surface area contributed by atoms with E-state index in [0.29, 0.717) is 10.8 Å². The van der Waals surface area contributed by atoms with Crippen LogP contribution in [0.4, 0.5) is 13.9 Å². The first kappa shape index (κ1) is 17.0. The van der Waals surface area contributed by atoms with E-state index in [0.717, 1.165) is 10.4 Å². The summed E-state index contributed by atoms with van der Waals surface area (Å²) in [6.07, 6.45) is 0. The molecule has 0 bridgehead atoms. The third kappa shape index (κ3) is 3.51. The third-order valence-corrected chi connectivity index (χ3v) is 4.45. The Morgan fingerprint density at radius 3 is 2.56 bits per heavy atom. The molecular formula is C18H14F2N2O2S. The van der Waals surface area contributed by atoms with Crippen molar-refractivity contribution in [3.63, 3.8) is 0 Å². The first-order valence-electron chi connectivity index (χ1n) is 7.37. The lowest BCUT2D eigenvalue weighted by Gasteiger charge is -2.06. The molecule has 0 radical (unpaired) electrons. The lowest BCUT2D eigenvalue weighted by Crippen LogP contribution is -2.14. The van der Waals surface area contributed by atoms with E-state index in [4.69, 9.17) is 4.74 Å². The Balaban J connectivity index is 1.86. The van der Waals surface area contributed by atoms with Crippen LogP contribution in [0.15, 0.2) is 42.5 Å². The highest BCUT2D eigenvalue weighted by Crippen LogP contribution is 2.31. The Kier molecular flexibility index (Phi) is 4.76. The molecule has 0 aliphatic carbocycles. The third-order valence-electron chi connectivity index (χ3n) is 3.56. The summed E-state index contributed by atoms with van der Waals surface area (Å²) in [5.41, 5.74) is 1.25. The number of carbonyl (C=O) groups is 1. The molecule has 7 heteroatoms. The number of amides is 1. The van der Waals surface area contributed by atoms with E-state index in [1.165, 1.54) is 48.8 Å². The minimum atomic E-state index is -0.727. The maximum Gasteiger partial charge on any atom is 0.260 e. The average molecular weight is 360 g/mol. The summed E-state index contributed by atoms with van der Waals surface area (Å²) < 4.78 is 32.1. The average Bonchev–Trinajstić information content (AvgIpc) is 2.96. The fourth-order valence-electron chi connectivity index (χ4n) is 2.33. The first-order chi connectivity index (χ1) is 12.0. The number of rotatable bonds is 4. The number of benzene rings is 2. The molecule has 128 valence electrons. The van der Waals surface area contributed by atoms with Crippen LogP contribution < -0.4 is 10.1 Å². The number of anilines is 1. The van der Waals surface area contributed by atoms with Gasteiger partial charge in [-0.3, -0.25) is 10.1 Å². The van der Waals surface area contributed by atoms with Gasteiger partial charge in [-0.1, -0.05) is 6.07 Å². The molecule has 3 rings (SSSR count). The maximum atomic E-state index is 14.2. The van der Waals surface area contributed by atoms with Crippen LogP contribution in [0.5, 0.6) is 5.75 Å². The zero-order valence-corrected chi connectivity index (χ0v) is 14.3. The van der Waals surface area contributed by atoms with Crippen molar-refractivity contribution in [3.05, 3.63) is 64.5 Å². The number of aromatic nitrogens is 1.